The maximum absolute atomic E-state index is 6.49. The van der Waals surface area contributed by atoms with Crippen molar-refractivity contribution in [2.75, 3.05) is 0 Å². The van der Waals surface area contributed by atoms with Crippen LogP contribution in [0.1, 0.15) is 0 Å². The van der Waals surface area contributed by atoms with Gasteiger partial charge in [0.2, 0.25) is 0 Å². The number of hydrogen-bond acceptors (Lipinski definition) is 1. The second-order valence-corrected chi connectivity index (χ2v) is 11.4. The van der Waals surface area contributed by atoms with E-state index < -0.39 is 0 Å². The molecule has 0 unspecified atom stereocenters. The zero-order valence-electron chi connectivity index (χ0n) is 23.2. The Labute approximate surface area is 246 Å². The quantitative estimate of drug-likeness (QED) is 0.211. The van der Waals surface area contributed by atoms with Gasteiger partial charge in [0.15, 0.2) is 0 Å². The van der Waals surface area contributed by atoms with Crippen molar-refractivity contribution in [3.63, 3.8) is 0 Å². The van der Waals surface area contributed by atoms with Crippen LogP contribution in [0.4, 0.5) is 0 Å². The smallest absolute Gasteiger partial charge is 0.137 e. The second kappa shape index (κ2) is 8.37. The fourth-order valence-electron chi connectivity index (χ4n) is 7.24. The molecule has 0 saturated carbocycles. The van der Waals surface area contributed by atoms with E-state index in [4.69, 9.17) is 4.42 Å². The van der Waals surface area contributed by atoms with Crippen LogP contribution in [0.15, 0.2) is 150 Å². The molecule has 0 amide bonds. The van der Waals surface area contributed by atoms with Gasteiger partial charge in [-0.2, -0.15) is 0 Å². The predicted octanol–water partition coefficient (Wildman–Crippen LogP) is 10.9. The normalized spacial score (nSPS) is 12.2. The van der Waals surface area contributed by atoms with Crippen molar-refractivity contribution < 1.29 is 4.42 Å². The first-order valence-corrected chi connectivity index (χ1v) is 14.7. The molecule has 200 valence electrons. The van der Waals surface area contributed by atoms with Gasteiger partial charge in [0.05, 0.1) is 22.1 Å². The van der Waals surface area contributed by atoms with Crippen molar-refractivity contribution in [2.24, 2.45) is 0 Å². The molecule has 0 saturated heterocycles. The molecule has 0 fully saturated rings. The van der Waals surface area contributed by atoms with Gasteiger partial charge in [-0.25, -0.2) is 0 Å². The summed E-state index contributed by atoms with van der Waals surface area (Å²) in [7, 11) is 0. The summed E-state index contributed by atoms with van der Waals surface area (Å²) in [5, 5.41) is 9.77. The molecule has 10 rings (SSSR count). The maximum Gasteiger partial charge on any atom is 0.137 e. The highest BCUT2D eigenvalue weighted by Crippen LogP contribution is 2.41. The summed E-state index contributed by atoms with van der Waals surface area (Å²) in [5.74, 6) is 0. The van der Waals surface area contributed by atoms with E-state index in [2.05, 4.69) is 155 Å². The fraction of sp³-hybridized carbons (Fsp3) is 0. The summed E-state index contributed by atoms with van der Waals surface area (Å²) < 4.78 is 11.3. The first-order chi connectivity index (χ1) is 21.3. The Kier molecular flexibility index (Phi) is 4.45. The van der Waals surface area contributed by atoms with Crippen molar-refractivity contribution in [1.29, 1.82) is 0 Å². The van der Waals surface area contributed by atoms with Gasteiger partial charge in [-0.3, -0.25) is 0 Å². The Bertz CT molecular complexity index is 2720. The van der Waals surface area contributed by atoms with Gasteiger partial charge < -0.3 is 13.6 Å². The molecule has 0 N–H and O–H groups in total. The lowest BCUT2D eigenvalue weighted by Gasteiger charge is -2.10. The first kappa shape index (κ1) is 22.8. The van der Waals surface area contributed by atoms with Gasteiger partial charge in [-0.05, 0) is 65.4 Å². The van der Waals surface area contributed by atoms with Crippen LogP contribution in [0.2, 0.25) is 0 Å². The molecule has 0 atom stereocenters. The molecule has 0 aliphatic carbocycles. The lowest BCUT2D eigenvalue weighted by molar-refractivity contribution is 0.669. The van der Waals surface area contributed by atoms with Gasteiger partial charge in [0.1, 0.15) is 11.2 Å². The predicted molar refractivity (Wildman–Crippen MR) is 180 cm³/mol. The molecule has 0 radical (unpaired) electrons. The summed E-state index contributed by atoms with van der Waals surface area (Å²) in [5.41, 5.74) is 8.83. The van der Waals surface area contributed by atoms with Crippen molar-refractivity contribution in [1.82, 2.24) is 9.13 Å². The zero-order valence-corrected chi connectivity index (χ0v) is 23.2. The molecule has 0 spiro atoms. The van der Waals surface area contributed by atoms with Gasteiger partial charge in [-0.1, -0.05) is 84.9 Å². The van der Waals surface area contributed by atoms with E-state index in [1.54, 1.807) is 0 Å². The van der Waals surface area contributed by atoms with Gasteiger partial charge >= 0.3 is 0 Å². The minimum absolute atomic E-state index is 0.897. The average Bonchev–Trinajstić information content (AvgIpc) is 3.71. The van der Waals surface area contributed by atoms with E-state index in [0.29, 0.717) is 0 Å². The molecule has 3 nitrogen and oxygen atoms in total. The summed E-state index contributed by atoms with van der Waals surface area (Å²) >= 11 is 0. The van der Waals surface area contributed by atoms with Crippen molar-refractivity contribution in [2.45, 2.75) is 0 Å². The highest BCUT2D eigenvalue weighted by atomic mass is 16.3. The number of benzene rings is 7. The lowest BCUT2D eigenvalue weighted by Crippen LogP contribution is -1.95. The van der Waals surface area contributed by atoms with E-state index >= 15 is 0 Å². The number of nitrogens with zero attached hydrogens (tertiary/aromatic N) is 2. The number of fused-ring (bicyclic) bond motifs is 11. The standard InChI is InChI=1S/C40H24N2O/c1-2-11-26(12-3-1)41-34-16-8-6-14-29(34)32-23-33-30-15-7-9-17-35(30)42(37(33)24-36(32)41)27-19-20-31-39(22-27)43-38-21-18-25-10-4-5-13-28(25)40(31)38/h1-24H. The average molecular weight is 549 g/mol. The van der Waals surface area contributed by atoms with Crippen LogP contribution in [0.5, 0.6) is 0 Å². The van der Waals surface area contributed by atoms with Crippen LogP contribution in [0.3, 0.4) is 0 Å². The number of para-hydroxylation sites is 3. The Balaban J connectivity index is 1.31. The number of furan rings is 1. The molecular formula is C40H24N2O. The molecule has 3 heterocycles. The summed E-state index contributed by atoms with van der Waals surface area (Å²) in [6, 6.07) is 52.3. The highest BCUT2D eigenvalue weighted by Gasteiger charge is 2.19. The van der Waals surface area contributed by atoms with Crippen LogP contribution < -0.4 is 0 Å². The van der Waals surface area contributed by atoms with Crippen molar-refractivity contribution in [3.05, 3.63) is 146 Å². The molecule has 0 aliphatic rings. The second-order valence-electron chi connectivity index (χ2n) is 11.4. The Morgan fingerprint density at radius 1 is 0.349 bits per heavy atom. The molecular weight excluding hydrogens is 524 g/mol. The molecule has 0 aliphatic heterocycles. The molecule has 3 aromatic heterocycles. The van der Waals surface area contributed by atoms with Crippen molar-refractivity contribution in [3.8, 4) is 11.4 Å². The minimum atomic E-state index is 0.897. The topological polar surface area (TPSA) is 23.0 Å². The van der Waals surface area contributed by atoms with E-state index in [1.807, 2.05) is 0 Å². The molecule has 7 aromatic carbocycles. The number of hydrogen-bond donors (Lipinski definition) is 0. The minimum Gasteiger partial charge on any atom is -0.456 e. The van der Waals surface area contributed by atoms with Crippen LogP contribution in [-0.2, 0) is 0 Å². The van der Waals surface area contributed by atoms with E-state index in [1.165, 1.54) is 59.8 Å². The van der Waals surface area contributed by atoms with Crippen molar-refractivity contribution >= 4 is 76.3 Å². The maximum atomic E-state index is 6.49. The molecule has 0 bridgehead atoms. The van der Waals surface area contributed by atoms with Crippen LogP contribution >= 0.6 is 0 Å². The van der Waals surface area contributed by atoms with E-state index in [0.717, 1.165) is 27.9 Å². The van der Waals surface area contributed by atoms with E-state index in [-0.39, 0.29) is 0 Å². The monoisotopic (exact) mass is 548 g/mol. The van der Waals surface area contributed by atoms with Gasteiger partial charge in [0, 0.05) is 49.8 Å². The van der Waals surface area contributed by atoms with Crippen LogP contribution in [-0.4, -0.2) is 9.13 Å². The van der Waals surface area contributed by atoms with E-state index in [9.17, 15) is 0 Å². The van der Waals surface area contributed by atoms with Crippen LogP contribution in [0.25, 0.3) is 87.7 Å². The zero-order chi connectivity index (χ0) is 28.1. The summed E-state index contributed by atoms with van der Waals surface area (Å²) in [6.45, 7) is 0. The largest absolute Gasteiger partial charge is 0.456 e. The summed E-state index contributed by atoms with van der Waals surface area (Å²) in [6.07, 6.45) is 0. The third-order valence-corrected chi connectivity index (χ3v) is 9.08. The molecule has 43 heavy (non-hydrogen) atoms. The number of rotatable bonds is 2. The third kappa shape index (κ3) is 3.08. The van der Waals surface area contributed by atoms with Crippen LogP contribution in [0, 0.1) is 0 Å². The Morgan fingerprint density at radius 2 is 0.977 bits per heavy atom. The lowest BCUT2D eigenvalue weighted by atomic mass is 10.0. The number of aromatic nitrogens is 2. The Hall–Kier alpha value is -5.80. The van der Waals surface area contributed by atoms with Gasteiger partial charge in [0.25, 0.3) is 0 Å². The Morgan fingerprint density at radius 3 is 1.72 bits per heavy atom. The first-order valence-electron chi connectivity index (χ1n) is 14.7. The molecule has 10 aromatic rings. The fourth-order valence-corrected chi connectivity index (χ4v) is 7.24. The highest BCUT2D eigenvalue weighted by molar-refractivity contribution is 6.21. The molecule has 3 heteroatoms. The third-order valence-electron chi connectivity index (χ3n) is 9.08. The SMILES string of the molecule is c1ccc(-n2c3ccccc3c3cc4c5ccccc5n(-c5ccc6c(c5)oc5ccc7ccccc7c56)c4cc32)cc1. The van der Waals surface area contributed by atoms with Gasteiger partial charge in [-0.15, -0.1) is 0 Å². The summed E-state index contributed by atoms with van der Waals surface area (Å²) in [4.78, 5) is 0.